The Morgan fingerprint density at radius 1 is 1.18 bits per heavy atom. The van der Waals surface area contributed by atoms with Crippen LogP contribution in [0.1, 0.15) is 83.8 Å². The first-order valence-electron chi connectivity index (χ1n) is 16.1. The second-order valence-electron chi connectivity index (χ2n) is 13.4. The lowest BCUT2D eigenvalue weighted by atomic mass is 9.84. The molecular formula is C33H51ClN6O5. The maximum atomic E-state index is 12.9. The molecule has 2 unspecified atom stereocenters. The van der Waals surface area contributed by atoms with Crippen molar-refractivity contribution in [3.63, 3.8) is 0 Å². The van der Waals surface area contributed by atoms with Gasteiger partial charge in [0, 0.05) is 57.3 Å². The molecule has 0 spiro atoms. The molecular weight excluding hydrogens is 596 g/mol. The number of carbonyl (C=O) groups excluding carboxylic acids is 1. The number of ether oxygens (including phenoxy) is 2. The minimum Gasteiger partial charge on any atom is -0.465 e. The van der Waals surface area contributed by atoms with Gasteiger partial charge in [0.15, 0.2) is 0 Å². The molecule has 0 radical (unpaired) electrons. The Morgan fingerprint density at radius 2 is 1.91 bits per heavy atom. The Labute approximate surface area is 273 Å². The molecule has 3 rings (SSSR count). The highest BCUT2D eigenvalue weighted by Gasteiger charge is 2.33. The van der Waals surface area contributed by atoms with Gasteiger partial charge in [-0.05, 0) is 63.6 Å². The molecule has 1 saturated carbocycles. The summed E-state index contributed by atoms with van der Waals surface area (Å²) in [5.41, 5.74) is 0.326. The first-order valence-corrected chi connectivity index (χ1v) is 16.5. The number of carboxylic acid groups (broad SMARTS) is 1. The number of carbonyl (C=O) groups is 2. The average molecular weight is 647 g/mol. The number of benzene rings is 1. The largest absolute Gasteiger partial charge is 0.465 e. The van der Waals surface area contributed by atoms with Crippen molar-refractivity contribution in [3.05, 3.63) is 34.9 Å². The molecule has 3 atom stereocenters. The number of nitriles is 1. The third kappa shape index (κ3) is 12.2. The number of halogens is 1. The number of rotatable bonds is 11. The standard InChI is InChI=1S/C33H51ClN6O5/c1-33(2,3)45-32(43)39(5)22-28(19-24-11-7-6-8-12-24)37-30(36-23-35)40-16-10-14-26(21-40)29(25-13-9-15-27(34)20-25)44-18-17-38(4)31(41)42/h9,13,15,20,24,26,28-29H,6-8,10-12,14,16-19,21-22H2,1-5H3,(H,36,37)(H,41,42)/t26?,28?,29-/m0/s1. The first kappa shape index (κ1) is 36.2. The number of hydrogen-bond donors (Lipinski definition) is 2. The van der Waals surface area contributed by atoms with Crippen LogP contribution in [0.4, 0.5) is 9.59 Å². The molecule has 12 heteroatoms. The second kappa shape index (κ2) is 17.5. The highest BCUT2D eigenvalue weighted by Crippen LogP contribution is 2.34. The Bertz CT molecular complexity index is 1180. The molecule has 1 aliphatic carbocycles. The minimum absolute atomic E-state index is 0.0410. The minimum atomic E-state index is -1.01. The van der Waals surface area contributed by atoms with Crippen LogP contribution in [0, 0.1) is 23.3 Å². The van der Waals surface area contributed by atoms with Gasteiger partial charge in [-0.1, -0.05) is 55.8 Å². The number of piperidine rings is 1. The van der Waals surface area contributed by atoms with Crippen LogP contribution in [0.3, 0.4) is 0 Å². The maximum Gasteiger partial charge on any atom is 0.410 e. The van der Waals surface area contributed by atoms with E-state index >= 15 is 0 Å². The van der Waals surface area contributed by atoms with Gasteiger partial charge in [0.25, 0.3) is 0 Å². The molecule has 1 saturated heterocycles. The van der Waals surface area contributed by atoms with Gasteiger partial charge < -0.3 is 34.6 Å². The Morgan fingerprint density at radius 3 is 2.56 bits per heavy atom. The van der Waals surface area contributed by atoms with Crippen molar-refractivity contribution in [2.75, 3.05) is 46.9 Å². The van der Waals surface area contributed by atoms with Crippen molar-refractivity contribution in [1.29, 1.82) is 5.26 Å². The number of guanidine groups is 1. The Balaban J connectivity index is 1.79. The smallest absolute Gasteiger partial charge is 0.410 e. The zero-order chi connectivity index (χ0) is 33.0. The van der Waals surface area contributed by atoms with Gasteiger partial charge in [-0.25, -0.2) is 9.59 Å². The highest BCUT2D eigenvalue weighted by molar-refractivity contribution is 6.30. The zero-order valence-corrected chi connectivity index (χ0v) is 28.3. The number of likely N-dealkylation sites (tertiary alicyclic amines) is 1. The van der Waals surface area contributed by atoms with Gasteiger partial charge in [-0.15, -0.1) is 4.99 Å². The van der Waals surface area contributed by atoms with Crippen molar-refractivity contribution >= 4 is 29.7 Å². The summed E-state index contributed by atoms with van der Waals surface area (Å²) in [6.45, 7) is 7.74. The maximum absolute atomic E-state index is 12.9. The normalized spacial score (nSPS) is 19.3. The Kier molecular flexibility index (Phi) is 14.1. The number of nitrogens with zero attached hydrogens (tertiary/aromatic N) is 5. The summed E-state index contributed by atoms with van der Waals surface area (Å²) in [4.78, 5) is 33.3. The summed E-state index contributed by atoms with van der Waals surface area (Å²) in [7, 11) is 3.26. The van der Waals surface area contributed by atoms with E-state index in [0.29, 0.717) is 36.5 Å². The third-order valence-electron chi connectivity index (χ3n) is 8.44. The molecule has 0 bridgehead atoms. The summed E-state index contributed by atoms with van der Waals surface area (Å²) in [6, 6.07) is 7.45. The van der Waals surface area contributed by atoms with E-state index < -0.39 is 11.7 Å². The van der Waals surface area contributed by atoms with E-state index in [0.717, 1.165) is 37.7 Å². The third-order valence-corrected chi connectivity index (χ3v) is 8.68. The van der Waals surface area contributed by atoms with E-state index in [2.05, 4.69) is 15.2 Å². The van der Waals surface area contributed by atoms with Gasteiger partial charge >= 0.3 is 12.2 Å². The molecule has 0 aromatic heterocycles. The summed E-state index contributed by atoms with van der Waals surface area (Å²) in [6.07, 6.45) is 8.85. The Hall–Kier alpha value is -3.23. The van der Waals surface area contributed by atoms with Gasteiger partial charge in [0.1, 0.15) is 5.60 Å². The van der Waals surface area contributed by atoms with E-state index in [1.807, 2.05) is 51.2 Å². The summed E-state index contributed by atoms with van der Waals surface area (Å²) in [5.74, 6) is 1.07. The highest BCUT2D eigenvalue weighted by atomic mass is 35.5. The lowest BCUT2D eigenvalue weighted by molar-refractivity contribution is -0.0132. The fourth-order valence-corrected chi connectivity index (χ4v) is 6.42. The lowest BCUT2D eigenvalue weighted by Crippen LogP contribution is -2.53. The molecule has 2 fully saturated rings. The summed E-state index contributed by atoms with van der Waals surface area (Å²) < 4.78 is 12.0. The SMILES string of the molecule is CN(CCO[C@@H](c1cccc(Cl)c1)C1CCCN(C(=NC#N)NC(CC2CCCCC2)CN(C)C(=O)OC(C)(C)C)C1)C(=O)O. The molecule has 1 aromatic rings. The van der Waals surface area contributed by atoms with E-state index in [4.69, 9.17) is 21.1 Å². The number of amides is 2. The molecule has 11 nitrogen and oxygen atoms in total. The molecule has 45 heavy (non-hydrogen) atoms. The zero-order valence-electron chi connectivity index (χ0n) is 27.5. The van der Waals surface area contributed by atoms with Crippen LogP contribution in [0.5, 0.6) is 0 Å². The lowest BCUT2D eigenvalue weighted by Gasteiger charge is -2.40. The van der Waals surface area contributed by atoms with Crippen molar-refractivity contribution < 1.29 is 24.2 Å². The van der Waals surface area contributed by atoms with Gasteiger partial charge in [0.2, 0.25) is 12.2 Å². The number of aliphatic imine (C=N–C) groups is 1. The quantitative estimate of drug-likeness (QED) is 0.162. The summed E-state index contributed by atoms with van der Waals surface area (Å²) in [5, 5.41) is 23.2. The average Bonchev–Trinajstić information content (AvgIpc) is 2.98. The van der Waals surface area contributed by atoms with Gasteiger partial charge in [-0.2, -0.15) is 5.26 Å². The van der Waals surface area contributed by atoms with E-state index in [9.17, 15) is 20.0 Å². The first-order chi connectivity index (χ1) is 21.4. The van der Waals surface area contributed by atoms with Crippen LogP contribution >= 0.6 is 11.6 Å². The van der Waals surface area contributed by atoms with Crippen LogP contribution in [0.15, 0.2) is 29.3 Å². The molecule has 1 heterocycles. The molecule has 1 aromatic carbocycles. The molecule has 2 N–H and O–H groups in total. The number of likely N-dealkylation sites (N-methyl/N-ethyl adjacent to an activating group) is 2. The monoisotopic (exact) mass is 646 g/mol. The topological polar surface area (TPSA) is 131 Å². The van der Waals surface area contributed by atoms with Crippen LogP contribution in [-0.2, 0) is 9.47 Å². The molecule has 2 aliphatic rings. The van der Waals surface area contributed by atoms with Crippen molar-refractivity contribution in [3.8, 4) is 6.19 Å². The van der Waals surface area contributed by atoms with Crippen molar-refractivity contribution in [1.82, 2.24) is 20.0 Å². The predicted molar refractivity (Wildman–Crippen MR) is 175 cm³/mol. The van der Waals surface area contributed by atoms with Gasteiger partial charge in [0.05, 0.1) is 12.7 Å². The van der Waals surface area contributed by atoms with E-state index in [1.165, 1.54) is 31.2 Å². The van der Waals surface area contributed by atoms with Gasteiger partial charge in [-0.3, -0.25) is 0 Å². The van der Waals surface area contributed by atoms with Crippen LogP contribution in [0.25, 0.3) is 0 Å². The number of nitrogens with one attached hydrogen (secondary N) is 1. The van der Waals surface area contributed by atoms with Crippen molar-refractivity contribution in [2.45, 2.75) is 89.9 Å². The fourth-order valence-electron chi connectivity index (χ4n) is 6.22. The fraction of sp³-hybridized carbons (Fsp3) is 0.697. The van der Waals surface area contributed by atoms with Crippen LogP contribution in [-0.4, -0.2) is 96.5 Å². The molecule has 250 valence electrons. The van der Waals surface area contributed by atoms with Crippen molar-refractivity contribution in [2.24, 2.45) is 16.8 Å². The molecule has 2 amide bonds. The molecule has 1 aliphatic heterocycles. The second-order valence-corrected chi connectivity index (χ2v) is 13.8. The van der Waals surface area contributed by atoms with Crippen LogP contribution < -0.4 is 5.32 Å². The van der Waals surface area contributed by atoms with E-state index in [1.54, 1.807) is 11.9 Å². The van der Waals surface area contributed by atoms with E-state index in [-0.39, 0.29) is 37.3 Å². The number of hydrogen-bond acceptors (Lipinski definition) is 6. The predicted octanol–water partition coefficient (Wildman–Crippen LogP) is 6.35. The van der Waals surface area contributed by atoms with Crippen LogP contribution in [0.2, 0.25) is 5.02 Å². The summed E-state index contributed by atoms with van der Waals surface area (Å²) >= 11 is 6.36.